The maximum atomic E-state index is 4.43. The smallest absolute Gasteiger partial charge is 0.237 e. The van der Waals surface area contributed by atoms with Crippen molar-refractivity contribution in [1.29, 1.82) is 0 Å². The maximum Gasteiger partial charge on any atom is 0.237 e. The van der Waals surface area contributed by atoms with Crippen LogP contribution in [0.3, 0.4) is 0 Å². The second kappa shape index (κ2) is 1.08. The van der Waals surface area contributed by atoms with E-state index >= 15 is 0 Å². The van der Waals surface area contributed by atoms with E-state index in [-0.39, 0.29) is 0 Å². The van der Waals surface area contributed by atoms with Crippen LogP contribution < -0.4 is 4.68 Å². The molecule has 3 nitrogen and oxygen atoms in total. The molecule has 6 heavy (non-hydrogen) atoms. The Hall–Kier alpha value is -0.860. The molecule has 32 valence electrons. The minimum atomic E-state index is 1.51. The van der Waals surface area contributed by atoms with Crippen LogP contribution in [0.5, 0.6) is 0 Å². The summed E-state index contributed by atoms with van der Waals surface area (Å²) in [4.78, 5) is 0. The molecule has 0 saturated heterocycles. The van der Waals surface area contributed by atoms with E-state index in [1.165, 1.54) is 6.26 Å². The lowest BCUT2D eigenvalue weighted by molar-refractivity contribution is -0.739. The summed E-state index contributed by atoms with van der Waals surface area (Å²) in [6, 6.07) is 0. The van der Waals surface area contributed by atoms with Gasteiger partial charge in [0.1, 0.15) is 0 Å². The SMILES string of the molecule is C[n+]1ccon1. The molecule has 0 saturated carbocycles. The monoisotopic (exact) mass is 85.0 g/mol. The van der Waals surface area contributed by atoms with Crippen molar-refractivity contribution in [3.63, 3.8) is 0 Å². The fraction of sp³-hybridized carbons (Fsp3) is 0.333. The van der Waals surface area contributed by atoms with Crippen LogP contribution >= 0.6 is 0 Å². The fourth-order valence-electron chi connectivity index (χ4n) is 0.244. The molecule has 0 N–H and O–H groups in total. The summed E-state index contributed by atoms with van der Waals surface area (Å²) >= 11 is 0. The minimum absolute atomic E-state index is 1.51. The number of rotatable bonds is 0. The Labute approximate surface area is 35.2 Å². The van der Waals surface area contributed by atoms with Crippen molar-refractivity contribution in [3.05, 3.63) is 12.5 Å². The Kier molecular flexibility index (Phi) is 0.602. The van der Waals surface area contributed by atoms with Crippen molar-refractivity contribution < 1.29 is 9.20 Å². The summed E-state index contributed by atoms with van der Waals surface area (Å²) in [6.45, 7) is 0. The van der Waals surface area contributed by atoms with Gasteiger partial charge in [0.2, 0.25) is 6.20 Å². The van der Waals surface area contributed by atoms with E-state index in [4.69, 9.17) is 0 Å². The van der Waals surface area contributed by atoms with Crippen molar-refractivity contribution in [3.8, 4) is 0 Å². The lowest BCUT2D eigenvalue weighted by Crippen LogP contribution is -2.27. The van der Waals surface area contributed by atoms with Gasteiger partial charge in [-0.05, 0) is 0 Å². The first kappa shape index (κ1) is 3.33. The van der Waals surface area contributed by atoms with Crippen molar-refractivity contribution in [1.82, 2.24) is 5.27 Å². The molecule has 0 amide bonds. The number of aryl methyl sites for hydroxylation is 1. The molecule has 0 radical (unpaired) electrons. The van der Waals surface area contributed by atoms with Gasteiger partial charge in [0.05, 0.1) is 0 Å². The van der Waals surface area contributed by atoms with Crippen LogP contribution in [0, 0.1) is 0 Å². The third-order valence-corrected chi connectivity index (χ3v) is 0.513. The van der Waals surface area contributed by atoms with Crippen LogP contribution in [0.25, 0.3) is 0 Å². The summed E-state index contributed by atoms with van der Waals surface area (Å²) in [5.41, 5.74) is 0. The minimum Gasteiger partial charge on any atom is -0.309 e. The van der Waals surface area contributed by atoms with E-state index in [9.17, 15) is 0 Å². The van der Waals surface area contributed by atoms with Crippen LogP contribution in [0.2, 0.25) is 0 Å². The Morgan fingerprint density at radius 2 is 2.67 bits per heavy atom. The molecule has 0 aliphatic heterocycles. The molecule has 1 rings (SSSR count). The Morgan fingerprint density at radius 3 is 2.83 bits per heavy atom. The molecule has 0 unspecified atom stereocenters. The first-order valence-electron chi connectivity index (χ1n) is 1.66. The van der Waals surface area contributed by atoms with Crippen molar-refractivity contribution >= 4 is 0 Å². The van der Waals surface area contributed by atoms with Crippen LogP contribution in [0.1, 0.15) is 0 Å². The van der Waals surface area contributed by atoms with E-state index in [0.717, 1.165) is 0 Å². The molecule has 0 bridgehead atoms. The lowest BCUT2D eigenvalue weighted by Gasteiger charge is -1.55. The normalized spacial score (nSPS) is 8.83. The highest BCUT2D eigenvalue weighted by Gasteiger charge is 1.86. The predicted octanol–water partition coefficient (Wildman–Crippen LogP) is -0.501. The van der Waals surface area contributed by atoms with E-state index in [1.807, 2.05) is 0 Å². The lowest BCUT2D eigenvalue weighted by atomic mass is 11.0. The summed E-state index contributed by atoms with van der Waals surface area (Å²) in [5, 5.41) is 3.46. The molecular weight excluding hydrogens is 80.0 g/mol. The molecule has 0 aliphatic rings. The molecule has 1 aromatic heterocycles. The Balaban J connectivity index is 3.05. The van der Waals surface area contributed by atoms with Gasteiger partial charge < -0.3 is 4.52 Å². The second-order valence-electron chi connectivity index (χ2n) is 1.05. The van der Waals surface area contributed by atoms with Crippen molar-refractivity contribution in [2.75, 3.05) is 0 Å². The van der Waals surface area contributed by atoms with Gasteiger partial charge in [-0.15, -0.1) is 0 Å². The van der Waals surface area contributed by atoms with Crippen LogP contribution in [0.15, 0.2) is 17.0 Å². The Bertz CT molecular complexity index is 112. The maximum absolute atomic E-state index is 4.43. The van der Waals surface area contributed by atoms with Gasteiger partial charge in [0.25, 0.3) is 0 Å². The first-order chi connectivity index (χ1) is 2.89. The molecule has 0 aromatic carbocycles. The zero-order chi connectivity index (χ0) is 4.41. The van der Waals surface area contributed by atoms with Gasteiger partial charge in [-0.1, -0.05) is 4.68 Å². The molecule has 0 spiro atoms. The third-order valence-electron chi connectivity index (χ3n) is 0.513. The van der Waals surface area contributed by atoms with Gasteiger partial charge >= 0.3 is 0 Å². The van der Waals surface area contributed by atoms with Crippen LogP contribution in [-0.2, 0) is 7.05 Å². The van der Waals surface area contributed by atoms with Gasteiger partial charge in [0.15, 0.2) is 18.6 Å². The highest BCUT2D eigenvalue weighted by atomic mass is 16.5. The number of hydrogen-bond acceptors (Lipinski definition) is 2. The van der Waals surface area contributed by atoms with E-state index in [1.54, 1.807) is 17.9 Å². The third kappa shape index (κ3) is 0.381. The zero-order valence-electron chi connectivity index (χ0n) is 3.46. The van der Waals surface area contributed by atoms with E-state index < -0.39 is 0 Å². The summed E-state index contributed by atoms with van der Waals surface area (Å²) in [5.74, 6) is 0. The zero-order valence-corrected chi connectivity index (χ0v) is 3.46. The average molecular weight is 85.1 g/mol. The van der Waals surface area contributed by atoms with Crippen molar-refractivity contribution in [2.45, 2.75) is 0 Å². The summed E-state index contributed by atoms with van der Waals surface area (Å²) < 4.78 is 6.01. The highest BCUT2D eigenvalue weighted by Crippen LogP contribution is 1.62. The molecule has 0 atom stereocenters. The van der Waals surface area contributed by atoms with Gasteiger partial charge in [-0.3, -0.25) is 0 Å². The molecule has 0 fully saturated rings. The van der Waals surface area contributed by atoms with Gasteiger partial charge in [-0.25, -0.2) is 0 Å². The Morgan fingerprint density at radius 1 is 1.83 bits per heavy atom. The largest absolute Gasteiger partial charge is 0.309 e. The van der Waals surface area contributed by atoms with Crippen LogP contribution in [0.4, 0.5) is 0 Å². The summed E-state index contributed by atoms with van der Waals surface area (Å²) in [7, 11) is 1.80. The highest BCUT2D eigenvalue weighted by molar-refractivity contribution is 4.39. The standard InChI is InChI=1S/C3H5N2O/c1-5-2-3-6-4-5/h2-3H,1H3/q+1. The second-order valence-corrected chi connectivity index (χ2v) is 1.05. The summed E-state index contributed by atoms with van der Waals surface area (Å²) in [6.07, 6.45) is 3.24. The number of aromatic nitrogens is 2. The van der Waals surface area contributed by atoms with E-state index in [0.29, 0.717) is 0 Å². The molecule has 0 aliphatic carbocycles. The predicted molar refractivity (Wildman–Crippen MR) is 17.7 cm³/mol. The van der Waals surface area contributed by atoms with E-state index in [2.05, 4.69) is 9.79 Å². The first-order valence-corrected chi connectivity index (χ1v) is 1.66. The fourth-order valence-corrected chi connectivity index (χ4v) is 0.244. The molecule has 1 heterocycles. The molecular formula is C3H5N2O+. The molecule has 1 aromatic rings. The quantitative estimate of drug-likeness (QED) is 0.397. The number of nitrogens with zero attached hydrogens (tertiary/aromatic N) is 2. The van der Waals surface area contributed by atoms with Crippen LogP contribution in [-0.4, -0.2) is 5.27 Å². The van der Waals surface area contributed by atoms with Crippen molar-refractivity contribution in [2.24, 2.45) is 7.05 Å². The van der Waals surface area contributed by atoms with Gasteiger partial charge in [0, 0.05) is 0 Å². The topological polar surface area (TPSA) is 29.9 Å². The molecule has 3 heteroatoms. The average Bonchev–Trinajstić information content (AvgIpc) is 1.86. The van der Waals surface area contributed by atoms with Gasteiger partial charge in [-0.2, -0.15) is 0 Å². The number of hydrogen-bond donors (Lipinski definition) is 0.